The Morgan fingerprint density at radius 1 is 1.03 bits per heavy atom. The third kappa shape index (κ3) is 4.42. The van der Waals surface area contributed by atoms with Gasteiger partial charge in [0.15, 0.2) is 0 Å². The van der Waals surface area contributed by atoms with Crippen molar-refractivity contribution < 1.29 is 4.52 Å². The number of hydrogen-bond donors (Lipinski definition) is 0. The van der Waals surface area contributed by atoms with Crippen molar-refractivity contribution in [2.75, 3.05) is 0 Å². The molecule has 4 aromatic rings. The summed E-state index contributed by atoms with van der Waals surface area (Å²) in [4.78, 5) is 17.6. The van der Waals surface area contributed by atoms with Gasteiger partial charge in [-0.2, -0.15) is 10.2 Å². The molecule has 0 unspecified atom stereocenters. The lowest BCUT2D eigenvalue weighted by Crippen LogP contribution is -2.24. The summed E-state index contributed by atoms with van der Waals surface area (Å²) in [5.41, 5.74) is 6.26. The molecule has 0 radical (unpaired) electrons. The van der Waals surface area contributed by atoms with Crippen molar-refractivity contribution in [3.63, 3.8) is 0 Å². The highest BCUT2D eigenvalue weighted by Crippen LogP contribution is 2.28. The average molecular weight is 453 g/mol. The van der Waals surface area contributed by atoms with Gasteiger partial charge >= 0.3 is 0 Å². The third-order valence-corrected chi connectivity index (χ3v) is 6.21. The van der Waals surface area contributed by atoms with Gasteiger partial charge in [-0.25, -0.2) is 0 Å². The fourth-order valence-electron chi connectivity index (χ4n) is 4.38. The SMILES string of the molecule is CCCCc1nc(=O)c(-c2c(C)noc2C)c(C)n1Cc1ccc(-c2ccccc2C#N)cc1. The second-order valence-electron chi connectivity index (χ2n) is 8.54. The Hall–Kier alpha value is -3.98. The van der Waals surface area contributed by atoms with Crippen LogP contribution in [0.15, 0.2) is 57.8 Å². The summed E-state index contributed by atoms with van der Waals surface area (Å²) in [6.07, 6.45) is 2.72. The van der Waals surface area contributed by atoms with Crippen LogP contribution in [-0.4, -0.2) is 14.7 Å². The molecule has 2 heterocycles. The summed E-state index contributed by atoms with van der Waals surface area (Å²) >= 11 is 0. The molecule has 2 aromatic heterocycles. The molecule has 0 saturated carbocycles. The molecule has 0 aliphatic rings. The maximum Gasteiger partial charge on any atom is 0.281 e. The maximum atomic E-state index is 13.1. The summed E-state index contributed by atoms with van der Waals surface area (Å²) in [5, 5.41) is 13.5. The second-order valence-corrected chi connectivity index (χ2v) is 8.54. The molecule has 0 N–H and O–H groups in total. The van der Waals surface area contributed by atoms with Crippen molar-refractivity contribution in [3.8, 4) is 28.3 Å². The topological polar surface area (TPSA) is 84.7 Å². The highest BCUT2D eigenvalue weighted by Gasteiger charge is 2.21. The van der Waals surface area contributed by atoms with Crippen LogP contribution in [0.2, 0.25) is 0 Å². The Kier molecular flexibility index (Phi) is 6.74. The van der Waals surface area contributed by atoms with Crippen LogP contribution in [0.25, 0.3) is 22.3 Å². The molecule has 0 bridgehead atoms. The lowest BCUT2D eigenvalue weighted by molar-refractivity contribution is 0.393. The normalized spacial score (nSPS) is 10.9. The number of benzene rings is 2. The van der Waals surface area contributed by atoms with Gasteiger partial charge < -0.3 is 9.09 Å². The monoisotopic (exact) mass is 452 g/mol. The largest absolute Gasteiger partial charge is 0.361 e. The van der Waals surface area contributed by atoms with Gasteiger partial charge in [0.1, 0.15) is 11.6 Å². The summed E-state index contributed by atoms with van der Waals surface area (Å²) in [6, 6.07) is 18.1. The Morgan fingerprint density at radius 2 is 1.76 bits per heavy atom. The van der Waals surface area contributed by atoms with E-state index < -0.39 is 0 Å². The first kappa shape index (κ1) is 23.2. The second kappa shape index (κ2) is 9.88. The first-order chi connectivity index (χ1) is 16.4. The summed E-state index contributed by atoms with van der Waals surface area (Å²) < 4.78 is 7.47. The molecular formula is C28H28N4O2. The van der Waals surface area contributed by atoms with Crippen molar-refractivity contribution in [1.82, 2.24) is 14.7 Å². The molecule has 6 nitrogen and oxygen atoms in total. The van der Waals surface area contributed by atoms with E-state index in [0.717, 1.165) is 53.0 Å². The van der Waals surface area contributed by atoms with Crippen LogP contribution in [0.4, 0.5) is 0 Å². The van der Waals surface area contributed by atoms with Crippen LogP contribution < -0.4 is 5.56 Å². The number of aryl methyl sites for hydroxylation is 3. The standard InChI is InChI=1S/C28H28N4O2/c1-5-6-11-25-30-28(33)27(26-18(2)31-34-20(26)4)19(3)32(25)17-21-12-14-22(15-13-21)24-10-8-7-9-23(24)16-29/h7-10,12-15H,5-6,11,17H2,1-4H3. The van der Waals surface area contributed by atoms with Gasteiger partial charge in [-0.15, -0.1) is 0 Å². The van der Waals surface area contributed by atoms with Gasteiger partial charge in [0, 0.05) is 18.7 Å². The van der Waals surface area contributed by atoms with E-state index in [1.807, 2.05) is 57.2 Å². The fourth-order valence-corrected chi connectivity index (χ4v) is 4.38. The molecule has 4 rings (SSSR count). The minimum Gasteiger partial charge on any atom is -0.361 e. The zero-order valence-electron chi connectivity index (χ0n) is 20.1. The van der Waals surface area contributed by atoms with Crippen molar-refractivity contribution in [3.05, 3.63) is 93.0 Å². The number of rotatable bonds is 7. The van der Waals surface area contributed by atoms with Crippen molar-refractivity contribution in [1.29, 1.82) is 5.26 Å². The Morgan fingerprint density at radius 3 is 2.41 bits per heavy atom. The quantitative estimate of drug-likeness (QED) is 0.356. The van der Waals surface area contributed by atoms with Gasteiger partial charge in [-0.05, 0) is 49.9 Å². The van der Waals surface area contributed by atoms with Crippen molar-refractivity contribution in [2.24, 2.45) is 0 Å². The molecule has 34 heavy (non-hydrogen) atoms. The van der Waals surface area contributed by atoms with Gasteiger partial charge in [-0.1, -0.05) is 61.0 Å². The van der Waals surface area contributed by atoms with E-state index in [1.54, 1.807) is 0 Å². The first-order valence-electron chi connectivity index (χ1n) is 11.6. The number of unbranched alkanes of at least 4 members (excludes halogenated alkanes) is 1. The smallest absolute Gasteiger partial charge is 0.281 e. The van der Waals surface area contributed by atoms with Crippen LogP contribution in [0.1, 0.15) is 53.9 Å². The molecule has 0 aliphatic carbocycles. The summed E-state index contributed by atoms with van der Waals surface area (Å²) in [7, 11) is 0. The molecule has 0 amide bonds. The predicted octanol–water partition coefficient (Wildman–Crippen LogP) is 5.75. The molecule has 0 aliphatic heterocycles. The maximum absolute atomic E-state index is 13.1. The van der Waals surface area contributed by atoms with E-state index in [1.165, 1.54) is 0 Å². The lowest BCUT2D eigenvalue weighted by atomic mass is 9.99. The zero-order valence-corrected chi connectivity index (χ0v) is 20.1. The van der Waals surface area contributed by atoms with Crippen LogP contribution in [0, 0.1) is 32.1 Å². The fraction of sp³-hybridized carbons (Fsp3) is 0.286. The van der Waals surface area contributed by atoms with Gasteiger partial charge in [0.25, 0.3) is 5.56 Å². The molecule has 0 atom stereocenters. The van der Waals surface area contributed by atoms with Gasteiger partial charge in [0.2, 0.25) is 0 Å². The lowest BCUT2D eigenvalue weighted by Gasteiger charge is -2.19. The molecule has 6 heteroatoms. The Bertz CT molecular complexity index is 1400. The molecular weight excluding hydrogens is 424 g/mol. The highest BCUT2D eigenvalue weighted by atomic mass is 16.5. The first-order valence-corrected chi connectivity index (χ1v) is 11.6. The number of nitriles is 1. The summed E-state index contributed by atoms with van der Waals surface area (Å²) in [6.45, 7) is 8.36. The summed E-state index contributed by atoms with van der Waals surface area (Å²) in [5.74, 6) is 1.41. The Labute approximate surface area is 199 Å². The van der Waals surface area contributed by atoms with Crippen molar-refractivity contribution in [2.45, 2.75) is 53.5 Å². The van der Waals surface area contributed by atoms with Gasteiger partial charge in [-0.3, -0.25) is 4.79 Å². The predicted molar refractivity (Wildman–Crippen MR) is 133 cm³/mol. The molecule has 172 valence electrons. The van der Waals surface area contributed by atoms with Crippen molar-refractivity contribution >= 4 is 0 Å². The van der Waals surface area contributed by atoms with Crippen LogP contribution >= 0.6 is 0 Å². The van der Waals surface area contributed by atoms with E-state index in [-0.39, 0.29) is 5.56 Å². The minimum absolute atomic E-state index is 0.238. The van der Waals surface area contributed by atoms with E-state index in [2.05, 4.69) is 39.8 Å². The molecule has 0 spiro atoms. The Balaban J connectivity index is 1.77. The molecule has 2 aromatic carbocycles. The van der Waals surface area contributed by atoms with Gasteiger partial charge in [0.05, 0.1) is 28.5 Å². The third-order valence-electron chi connectivity index (χ3n) is 6.21. The van der Waals surface area contributed by atoms with E-state index in [4.69, 9.17) is 4.52 Å². The highest BCUT2D eigenvalue weighted by molar-refractivity contribution is 5.71. The minimum atomic E-state index is -0.238. The molecule has 0 saturated heterocycles. The average Bonchev–Trinajstić information content (AvgIpc) is 3.18. The van der Waals surface area contributed by atoms with E-state index in [9.17, 15) is 10.1 Å². The van der Waals surface area contributed by atoms with Crippen LogP contribution in [0.5, 0.6) is 0 Å². The number of aromatic nitrogens is 3. The van der Waals surface area contributed by atoms with Crippen LogP contribution in [0.3, 0.4) is 0 Å². The number of hydrogen-bond acceptors (Lipinski definition) is 5. The molecule has 0 fully saturated rings. The van der Waals surface area contributed by atoms with E-state index in [0.29, 0.717) is 29.1 Å². The van der Waals surface area contributed by atoms with E-state index >= 15 is 0 Å². The van der Waals surface area contributed by atoms with Crippen LogP contribution in [-0.2, 0) is 13.0 Å². The zero-order chi connectivity index (χ0) is 24.2. The number of nitrogens with zero attached hydrogens (tertiary/aromatic N) is 4.